The molecule has 2 fully saturated rings. The minimum absolute atomic E-state index is 0.895. The van der Waals surface area contributed by atoms with E-state index in [0.717, 1.165) is 69.8 Å². The van der Waals surface area contributed by atoms with Crippen LogP contribution >= 0.6 is 0 Å². The third-order valence-corrected chi connectivity index (χ3v) is 4.06. The van der Waals surface area contributed by atoms with Gasteiger partial charge in [0.05, 0.1) is 0 Å². The number of piperazine rings is 2. The highest BCUT2D eigenvalue weighted by molar-refractivity contribution is 5.46. The quantitative estimate of drug-likeness (QED) is 0.817. The molecule has 0 radical (unpaired) electrons. The van der Waals surface area contributed by atoms with Crippen molar-refractivity contribution < 1.29 is 0 Å². The summed E-state index contributed by atoms with van der Waals surface area (Å²) in [7, 11) is 2.17. The second-order valence-corrected chi connectivity index (χ2v) is 5.69. The van der Waals surface area contributed by atoms with Crippen LogP contribution in [-0.4, -0.2) is 74.3 Å². The molecule has 0 aliphatic carbocycles. The molecule has 0 spiro atoms. The van der Waals surface area contributed by atoms with E-state index in [9.17, 15) is 0 Å². The van der Waals surface area contributed by atoms with Gasteiger partial charge < -0.3 is 20.0 Å². The Morgan fingerprint density at radius 3 is 2.35 bits per heavy atom. The van der Waals surface area contributed by atoms with Gasteiger partial charge in [0.1, 0.15) is 5.82 Å². The number of nitrogens with one attached hydrogen (secondary N) is 1. The lowest BCUT2D eigenvalue weighted by molar-refractivity contribution is 0.311. The van der Waals surface area contributed by atoms with E-state index in [1.807, 2.05) is 0 Å². The number of hydrogen-bond acceptors (Lipinski definition) is 6. The maximum absolute atomic E-state index is 4.80. The van der Waals surface area contributed by atoms with Crippen molar-refractivity contribution in [2.24, 2.45) is 0 Å². The van der Waals surface area contributed by atoms with Gasteiger partial charge in [-0.3, -0.25) is 0 Å². The zero-order valence-electron chi connectivity index (χ0n) is 12.5. The molecule has 0 saturated carbocycles. The lowest BCUT2D eigenvalue weighted by atomic mass is 10.3. The van der Waals surface area contributed by atoms with Crippen LogP contribution in [0.4, 0.5) is 11.8 Å². The highest BCUT2D eigenvalue weighted by atomic mass is 15.3. The molecule has 1 aromatic rings. The van der Waals surface area contributed by atoms with Crippen molar-refractivity contribution >= 4 is 11.8 Å². The normalized spacial score (nSPS) is 21.3. The van der Waals surface area contributed by atoms with E-state index in [-0.39, 0.29) is 0 Å². The van der Waals surface area contributed by atoms with Gasteiger partial charge in [-0.2, -0.15) is 4.98 Å². The van der Waals surface area contributed by atoms with E-state index < -0.39 is 0 Å². The molecular formula is C14H24N6. The fraction of sp³-hybridized carbons (Fsp3) is 0.714. The summed E-state index contributed by atoms with van der Waals surface area (Å²) in [4.78, 5) is 16.4. The number of aryl methyl sites for hydroxylation is 1. The molecule has 1 N–H and O–H groups in total. The van der Waals surface area contributed by atoms with Crippen LogP contribution in [0, 0.1) is 6.92 Å². The molecule has 6 heteroatoms. The molecule has 110 valence electrons. The molecule has 0 aromatic carbocycles. The molecule has 6 nitrogen and oxygen atoms in total. The van der Waals surface area contributed by atoms with Crippen molar-refractivity contribution in [2.45, 2.75) is 6.92 Å². The molecule has 0 amide bonds. The number of aromatic nitrogens is 2. The van der Waals surface area contributed by atoms with Gasteiger partial charge in [0.15, 0.2) is 0 Å². The zero-order chi connectivity index (χ0) is 13.9. The second-order valence-electron chi connectivity index (χ2n) is 5.69. The molecule has 3 heterocycles. The summed E-state index contributed by atoms with van der Waals surface area (Å²) < 4.78 is 0. The number of likely N-dealkylation sites (N-methyl/N-ethyl adjacent to an activating group) is 1. The first-order chi connectivity index (χ1) is 9.72. The molecule has 2 aliphatic heterocycles. The first-order valence-corrected chi connectivity index (χ1v) is 7.47. The molecule has 3 rings (SSSR count). The summed E-state index contributed by atoms with van der Waals surface area (Å²) in [5, 5.41) is 3.38. The largest absolute Gasteiger partial charge is 0.354 e. The van der Waals surface area contributed by atoms with E-state index in [0.29, 0.717) is 0 Å². The van der Waals surface area contributed by atoms with E-state index in [2.05, 4.69) is 45.0 Å². The summed E-state index contributed by atoms with van der Waals surface area (Å²) >= 11 is 0. The van der Waals surface area contributed by atoms with Crippen LogP contribution in [-0.2, 0) is 0 Å². The molecule has 2 aliphatic rings. The lowest BCUT2D eigenvalue weighted by Crippen LogP contribution is -2.46. The lowest BCUT2D eigenvalue weighted by Gasteiger charge is -2.34. The summed E-state index contributed by atoms with van der Waals surface area (Å²) in [6.07, 6.45) is 0. The number of hydrogen-bond donors (Lipinski definition) is 1. The Morgan fingerprint density at radius 2 is 1.65 bits per heavy atom. The van der Waals surface area contributed by atoms with E-state index in [1.165, 1.54) is 0 Å². The predicted molar refractivity (Wildman–Crippen MR) is 81.6 cm³/mol. The summed E-state index contributed by atoms with van der Waals surface area (Å²) in [6, 6.07) is 2.10. The first-order valence-electron chi connectivity index (χ1n) is 7.47. The zero-order valence-corrected chi connectivity index (χ0v) is 12.5. The summed E-state index contributed by atoms with van der Waals surface area (Å²) in [6.45, 7) is 10.4. The van der Waals surface area contributed by atoms with Crippen molar-refractivity contribution in [3.63, 3.8) is 0 Å². The van der Waals surface area contributed by atoms with Crippen molar-refractivity contribution in [1.82, 2.24) is 20.2 Å². The predicted octanol–water partition coefficient (Wildman–Crippen LogP) is -0.0536. The monoisotopic (exact) mass is 276 g/mol. The smallest absolute Gasteiger partial charge is 0.227 e. The number of rotatable bonds is 2. The fourth-order valence-corrected chi connectivity index (χ4v) is 2.74. The molecule has 0 atom stereocenters. The highest BCUT2D eigenvalue weighted by Gasteiger charge is 2.19. The minimum atomic E-state index is 0.895. The second kappa shape index (κ2) is 5.93. The molecule has 20 heavy (non-hydrogen) atoms. The van der Waals surface area contributed by atoms with Crippen LogP contribution < -0.4 is 15.1 Å². The van der Waals surface area contributed by atoms with Crippen molar-refractivity contribution in [1.29, 1.82) is 0 Å². The fourth-order valence-electron chi connectivity index (χ4n) is 2.74. The summed E-state index contributed by atoms with van der Waals surface area (Å²) in [5.74, 6) is 1.97. The molecule has 0 unspecified atom stereocenters. The Bertz CT molecular complexity index is 449. The van der Waals surface area contributed by atoms with Crippen LogP contribution in [0.5, 0.6) is 0 Å². The van der Waals surface area contributed by atoms with Gasteiger partial charge in [0, 0.05) is 64.1 Å². The molecular weight excluding hydrogens is 252 g/mol. The van der Waals surface area contributed by atoms with Crippen LogP contribution in [0.3, 0.4) is 0 Å². The average molecular weight is 276 g/mol. The van der Waals surface area contributed by atoms with Crippen molar-refractivity contribution in [3.8, 4) is 0 Å². The van der Waals surface area contributed by atoms with Crippen molar-refractivity contribution in [3.05, 3.63) is 11.8 Å². The highest BCUT2D eigenvalue weighted by Crippen LogP contribution is 2.18. The number of anilines is 2. The Kier molecular flexibility index (Phi) is 4.03. The Hall–Kier alpha value is -1.40. The van der Waals surface area contributed by atoms with Crippen LogP contribution in [0.2, 0.25) is 0 Å². The van der Waals surface area contributed by atoms with Gasteiger partial charge >= 0.3 is 0 Å². The Morgan fingerprint density at radius 1 is 0.950 bits per heavy atom. The van der Waals surface area contributed by atoms with Crippen LogP contribution in [0.25, 0.3) is 0 Å². The molecule has 1 aromatic heterocycles. The van der Waals surface area contributed by atoms with Gasteiger partial charge in [-0.15, -0.1) is 0 Å². The minimum Gasteiger partial charge on any atom is -0.354 e. The number of nitrogens with zero attached hydrogens (tertiary/aromatic N) is 5. The van der Waals surface area contributed by atoms with Gasteiger partial charge in [-0.25, -0.2) is 4.98 Å². The topological polar surface area (TPSA) is 47.5 Å². The van der Waals surface area contributed by atoms with E-state index in [1.54, 1.807) is 0 Å². The van der Waals surface area contributed by atoms with Gasteiger partial charge in [0.25, 0.3) is 0 Å². The van der Waals surface area contributed by atoms with E-state index in [4.69, 9.17) is 4.98 Å². The molecule has 0 bridgehead atoms. The maximum atomic E-state index is 4.80. The average Bonchev–Trinajstić information content (AvgIpc) is 2.48. The van der Waals surface area contributed by atoms with Crippen LogP contribution in [0.1, 0.15) is 5.69 Å². The third kappa shape index (κ3) is 3.02. The van der Waals surface area contributed by atoms with Gasteiger partial charge in [-0.05, 0) is 14.0 Å². The first kappa shape index (κ1) is 13.6. The Balaban J connectivity index is 1.79. The van der Waals surface area contributed by atoms with E-state index >= 15 is 0 Å². The summed E-state index contributed by atoms with van der Waals surface area (Å²) in [5.41, 5.74) is 1.06. The van der Waals surface area contributed by atoms with Gasteiger partial charge in [0.2, 0.25) is 5.95 Å². The SMILES string of the molecule is Cc1cc(N2CCNCC2)nc(N2CCN(C)CC2)n1. The van der Waals surface area contributed by atoms with Gasteiger partial charge in [-0.1, -0.05) is 0 Å². The van der Waals surface area contributed by atoms with Crippen molar-refractivity contribution in [2.75, 3.05) is 69.2 Å². The third-order valence-electron chi connectivity index (χ3n) is 4.06. The maximum Gasteiger partial charge on any atom is 0.227 e. The Labute approximate surface area is 120 Å². The standard InChI is InChI=1S/C14H24N6/c1-12-11-13(19-5-3-15-4-6-19)17-14(16-12)20-9-7-18(2)8-10-20/h11,15H,3-10H2,1-2H3. The van der Waals surface area contributed by atoms with Crippen LogP contribution in [0.15, 0.2) is 6.07 Å². The molecule has 2 saturated heterocycles.